The number of methoxy groups -OCH3 is 2. The Balaban J connectivity index is 2.74. The highest BCUT2D eigenvalue weighted by Crippen LogP contribution is 2.12. The van der Waals surface area contributed by atoms with E-state index in [9.17, 15) is 4.79 Å². The molecule has 1 rings (SSSR count). The summed E-state index contributed by atoms with van der Waals surface area (Å²) in [4.78, 5) is 11.9. The smallest absolute Gasteiger partial charge is 0.338 e. The molecule has 4 nitrogen and oxygen atoms in total. The molecule has 0 aliphatic carbocycles. The van der Waals surface area contributed by atoms with Crippen molar-refractivity contribution in [2.24, 2.45) is 0 Å². The Morgan fingerprint density at radius 3 is 2.59 bits per heavy atom. The lowest BCUT2D eigenvalue weighted by Crippen LogP contribution is -2.20. The quantitative estimate of drug-likeness (QED) is 0.711. The summed E-state index contributed by atoms with van der Waals surface area (Å²) in [6, 6.07) is 7.25. The summed E-state index contributed by atoms with van der Waals surface area (Å²) >= 11 is 0. The van der Waals surface area contributed by atoms with Gasteiger partial charge in [0.25, 0.3) is 0 Å². The van der Waals surface area contributed by atoms with Gasteiger partial charge in [-0.05, 0) is 18.6 Å². The van der Waals surface area contributed by atoms with Gasteiger partial charge in [-0.3, -0.25) is 0 Å². The summed E-state index contributed by atoms with van der Waals surface area (Å²) in [6.45, 7) is 2.57. The third-order valence-corrected chi connectivity index (χ3v) is 2.25. The number of carbonyl (C=O) groups excluding carboxylic acids is 1. The Kier molecular flexibility index (Phi) is 5.66. The molecule has 1 unspecified atom stereocenters. The average molecular weight is 238 g/mol. The van der Waals surface area contributed by atoms with Gasteiger partial charge in [-0.1, -0.05) is 18.2 Å². The molecule has 0 spiro atoms. The first-order chi connectivity index (χ1) is 8.19. The lowest BCUT2D eigenvalue weighted by molar-refractivity contribution is 0.0117. The second kappa shape index (κ2) is 7.04. The molecule has 0 radical (unpaired) electrons. The van der Waals surface area contributed by atoms with Crippen LogP contribution in [0.3, 0.4) is 0 Å². The maximum absolute atomic E-state index is 11.9. The standard InChI is InChI=1S/C13H18O4/c1-10(8-15-2)17-13(14)12-7-5-4-6-11(12)9-16-3/h4-7,10H,8-9H2,1-3H3. The second-order valence-electron chi connectivity index (χ2n) is 3.76. The van der Waals surface area contributed by atoms with Crippen molar-refractivity contribution in [2.45, 2.75) is 19.6 Å². The van der Waals surface area contributed by atoms with Crippen LogP contribution in [0.4, 0.5) is 0 Å². The SMILES string of the molecule is COCc1ccccc1C(=O)OC(C)COC. The molecule has 0 N–H and O–H groups in total. The zero-order valence-electron chi connectivity index (χ0n) is 10.4. The molecule has 0 fully saturated rings. The number of benzene rings is 1. The topological polar surface area (TPSA) is 44.8 Å². The molecule has 0 saturated heterocycles. The zero-order valence-corrected chi connectivity index (χ0v) is 10.4. The van der Waals surface area contributed by atoms with Crippen LogP contribution in [0.5, 0.6) is 0 Å². The van der Waals surface area contributed by atoms with Gasteiger partial charge < -0.3 is 14.2 Å². The van der Waals surface area contributed by atoms with Gasteiger partial charge in [0.1, 0.15) is 6.10 Å². The molecule has 94 valence electrons. The molecule has 17 heavy (non-hydrogen) atoms. The zero-order chi connectivity index (χ0) is 12.7. The van der Waals surface area contributed by atoms with E-state index in [1.54, 1.807) is 33.3 Å². The van der Waals surface area contributed by atoms with Crippen LogP contribution >= 0.6 is 0 Å². The highest BCUT2D eigenvalue weighted by Gasteiger charge is 2.15. The van der Waals surface area contributed by atoms with Crippen molar-refractivity contribution in [1.82, 2.24) is 0 Å². The van der Waals surface area contributed by atoms with E-state index in [0.717, 1.165) is 5.56 Å². The molecule has 0 bridgehead atoms. The largest absolute Gasteiger partial charge is 0.457 e. The number of hydrogen-bond donors (Lipinski definition) is 0. The number of carbonyl (C=O) groups is 1. The van der Waals surface area contributed by atoms with Crippen molar-refractivity contribution in [3.05, 3.63) is 35.4 Å². The normalized spacial score (nSPS) is 12.2. The Morgan fingerprint density at radius 2 is 1.94 bits per heavy atom. The molecule has 1 atom stereocenters. The predicted molar refractivity (Wildman–Crippen MR) is 63.9 cm³/mol. The van der Waals surface area contributed by atoms with Gasteiger partial charge in [-0.25, -0.2) is 4.79 Å². The van der Waals surface area contributed by atoms with E-state index in [1.807, 2.05) is 12.1 Å². The Hall–Kier alpha value is -1.39. The van der Waals surface area contributed by atoms with Crippen molar-refractivity contribution in [1.29, 1.82) is 0 Å². The van der Waals surface area contributed by atoms with Crippen LogP contribution in [0.25, 0.3) is 0 Å². The van der Waals surface area contributed by atoms with E-state index in [-0.39, 0.29) is 12.1 Å². The van der Waals surface area contributed by atoms with Gasteiger partial charge >= 0.3 is 5.97 Å². The van der Waals surface area contributed by atoms with E-state index in [2.05, 4.69) is 0 Å². The second-order valence-corrected chi connectivity index (χ2v) is 3.76. The number of hydrogen-bond acceptors (Lipinski definition) is 4. The van der Waals surface area contributed by atoms with E-state index < -0.39 is 0 Å². The Morgan fingerprint density at radius 1 is 1.24 bits per heavy atom. The van der Waals surface area contributed by atoms with Crippen LogP contribution in [-0.4, -0.2) is 32.9 Å². The monoisotopic (exact) mass is 238 g/mol. The van der Waals surface area contributed by atoms with E-state index in [1.165, 1.54) is 0 Å². The van der Waals surface area contributed by atoms with Gasteiger partial charge in [0.15, 0.2) is 0 Å². The Bertz CT molecular complexity index is 362. The molecule has 0 heterocycles. The van der Waals surface area contributed by atoms with Crippen LogP contribution < -0.4 is 0 Å². The molecule has 4 heteroatoms. The lowest BCUT2D eigenvalue weighted by atomic mass is 10.1. The molecule has 0 aliphatic rings. The molecule has 1 aromatic rings. The van der Waals surface area contributed by atoms with Crippen LogP contribution in [0.2, 0.25) is 0 Å². The number of ether oxygens (including phenoxy) is 3. The fraction of sp³-hybridized carbons (Fsp3) is 0.462. The van der Waals surface area contributed by atoms with Crippen LogP contribution in [0.15, 0.2) is 24.3 Å². The molecule has 0 aromatic heterocycles. The van der Waals surface area contributed by atoms with Gasteiger partial charge in [0.05, 0.1) is 18.8 Å². The lowest BCUT2D eigenvalue weighted by Gasteiger charge is -2.13. The van der Waals surface area contributed by atoms with E-state index >= 15 is 0 Å². The first-order valence-corrected chi connectivity index (χ1v) is 5.45. The third kappa shape index (κ3) is 4.17. The minimum Gasteiger partial charge on any atom is -0.457 e. The number of rotatable bonds is 6. The highest BCUT2D eigenvalue weighted by molar-refractivity contribution is 5.91. The molecule has 0 amide bonds. The summed E-state index contributed by atoms with van der Waals surface area (Å²) in [5, 5.41) is 0. The van der Waals surface area contributed by atoms with Crippen molar-refractivity contribution in [3.8, 4) is 0 Å². The molecule has 0 saturated carbocycles. The molecule has 1 aromatic carbocycles. The molecule has 0 aliphatic heterocycles. The number of esters is 1. The summed E-state index contributed by atoms with van der Waals surface area (Å²) in [6.07, 6.45) is -0.261. The maximum atomic E-state index is 11.9. The predicted octanol–water partition coefficient (Wildman–Crippen LogP) is 2.02. The van der Waals surface area contributed by atoms with Gasteiger partial charge in [0.2, 0.25) is 0 Å². The summed E-state index contributed by atoms with van der Waals surface area (Å²) in [5.41, 5.74) is 1.36. The van der Waals surface area contributed by atoms with Gasteiger partial charge in [0, 0.05) is 14.2 Å². The van der Waals surface area contributed by atoms with Crippen LogP contribution in [0.1, 0.15) is 22.8 Å². The molecular formula is C13H18O4. The first-order valence-electron chi connectivity index (χ1n) is 5.45. The van der Waals surface area contributed by atoms with Crippen molar-refractivity contribution >= 4 is 5.97 Å². The Labute approximate surface area is 101 Å². The first kappa shape index (κ1) is 13.7. The average Bonchev–Trinajstić information content (AvgIpc) is 2.30. The van der Waals surface area contributed by atoms with Crippen LogP contribution in [0, 0.1) is 0 Å². The minimum absolute atomic E-state index is 0.261. The minimum atomic E-state index is -0.345. The van der Waals surface area contributed by atoms with Gasteiger partial charge in [-0.2, -0.15) is 0 Å². The van der Waals surface area contributed by atoms with Crippen molar-refractivity contribution in [3.63, 3.8) is 0 Å². The fourth-order valence-corrected chi connectivity index (χ4v) is 1.52. The third-order valence-electron chi connectivity index (χ3n) is 2.25. The van der Waals surface area contributed by atoms with Gasteiger partial charge in [-0.15, -0.1) is 0 Å². The van der Waals surface area contributed by atoms with E-state index in [0.29, 0.717) is 18.8 Å². The van der Waals surface area contributed by atoms with Crippen molar-refractivity contribution < 1.29 is 19.0 Å². The van der Waals surface area contributed by atoms with Crippen LogP contribution in [-0.2, 0) is 20.8 Å². The molecular weight excluding hydrogens is 220 g/mol. The highest BCUT2D eigenvalue weighted by atomic mass is 16.6. The van der Waals surface area contributed by atoms with Crippen molar-refractivity contribution in [2.75, 3.05) is 20.8 Å². The summed E-state index contributed by atoms with van der Waals surface area (Å²) in [7, 11) is 3.17. The summed E-state index contributed by atoms with van der Waals surface area (Å²) < 4.78 is 15.2. The van der Waals surface area contributed by atoms with E-state index in [4.69, 9.17) is 14.2 Å². The fourth-order valence-electron chi connectivity index (χ4n) is 1.52. The maximum Gasteiger partial charge on any atom is 0.338 e. The summed E-state index contributed by atoms with van der Waals surface area (Å²) in [5.74, 6) is -0.345.